The number of rotatable bonds is 9. The van der Waals surface area contributed by atoms with Crippen LogP contribution in [0.1, 0.15) is 6.92 Å². The van der Waals surface area contributed by atoms with Crippen LogP contribution in [0, 0.1) is 0 Å². The summed E-state index contributed by atoms with van der Waals surface area (Å²) in [5, 5.41) is 6.75. The van der Waals surface area contributed by atoms with Crippen molar-refractivity contribution in [2.24, 2.45) is 0 Å². The topological polar surface area (TPSA) is 118 Å². The molecular formula is C29H32N10O2. The summed E-state index contributed by atoms with van der Waals surface area (Å²) in [4.78, 5) is 27.5. The van der Waals surface area contributed by atoms with Crippen LogP contribution in [0.5, 0.6) is 11.5 Å². The van der Waals surface area contributed by atoms with Gasteiger partial charge in [0.05, 0.1) is 14.2 Å². The van der Waals surface area contributed by atoms with Gasteiger partial charge >= 0.3 is 0 Å². The smallest absolute Gasteiger partial charge is 0.217 e. The predicted octanol–water partition coefficient (Wildman–Crippen LogP) is 4.25. The quantitative estimate of drug-likeness (QED) is 0.273. The lowest BCUT2D eigenvalue weighted by Gasteiger charge is -2.35. The molecule has 0 radical (unpaired) electrons. The van der Waals surface area contributed by atoms with E-state index in [0.717, 1.165) is 44.1 Å². The Labute approximate surface area is 238 Å². The van der Waals surface area contributed by atoms with Gasteiger partial charge in [0.2, 0.25) is 5.95 Å². The molecule has 4 heterocycles. The summed E-state index contributed by atoms with van der Waals surface area (Å²) in [5.41, 5.74) is 3.92. The molecule has 1 aliphatic heterocycles. The highest BCUT2D eigenvalue weighted by molar-refractivity contribution is 5.76. The molecule has 1 fully saturated rings. The molecule has 3 aromatic heterocycles. The maximum Gasteiger partial charge on any atom is 0.217 e. The van der Waals surface area contributed by atoms with Gasteiger partial charge < -0.3 is 29.9 Å². The number of likely N-dealkylation sites (N-methyl/N-ethyl adjacent to an activating group) is 1. The molecule has 0 unspecified atom stereocenters. The average molecular weight is 553 g/mol. The van der Waals surface area contributed by atoms with E-state index in [4.69, 9.17) is 9.47 Å². The van der Waals surface area contributed by atoms with Gasteiger partial charge in [-0.15, -0.1) is 0 Å². The van der Waals surface area contributed by atoms with E-state index in [-0.39, 0.29) is 0 Å². The first kappa shape index (κ1) is 26.3. The molecule has 0 aliphatic carbocycles. The van der Waals surface area contributed by atoms with Crippen molar-refractivity contribution in [2.45, 2.75) is 6.92 Å². The Hall–Kier alpha value is -4.97. The van der Waals surface area contributed by atoms with Gasteiger partial charge in [-0.25, -0.2) is 24.5 Å². The molecule has 41 heavy (non-hydrogen) atoms. The highest BCUT2D eigenvalue weighted by Gasteiger charge is 2.18. The summed E-state index contributed by atoms with van der Waals surface area (Å²) in [6, 6.07) is 15.8. The van der Waals surface area contributed by atoms with Crippen LogP contribution in [-0.4, -0.2) is 81.3 Å². The summed E-state index contributed by atoms with van der Waals surface area (Å²) < 4.78 is 12.7. The second-order valence-electron chi connectivity index (χ2n) is 9.56. The minimum absolute atomic E-state index is 0.480. The van der Waals surface area contributed by atoms with Gasteiger partial charge in [-0.3, -0.25) is 0 Å². The number of aromatic nitrogens is 6. The van der Waals surface area contributed by atoms with Crippen LogP contribution in [0.25, 0.3) is 17.1 Å². The zero-order valence-corrected chi connectivity index (χ0v) is 23.3. The van der Waals surface area contributed by atoms with Gasteiger partial charge in [-0.2, -0.15) is 4.98 Å². The fourth-order valence-corrected chi connectivity index (χ4v) is 4.88. The number of nitrogens with one attached hydrogen (secondary N) is 2. The van der Waals surface area contributed by atoms with Crippen molar-refractivity contribution < 1.29 is 9.47 Å². The summed E-state index contributed by atoms with van der Waals surface area (Å²) in [5.74, 6) is 2.99. The average Bonchev–Trinajstić information content (AvgIpc) is 3.39. The van der Waals surface area contributed by atoms with Crippen LogP contribution >= 0.6 is 0 Å². The van der Waals surface area contributed by atoms with Gasteiger partial charge in [0, 0.05) is 79.9 Å². The highest BCUT2D eigenvalue weighted by atomic mass is 16.5. The standard InChI is InChI=1S/C29H32N10O2/c1-4-37-11-13-38(14-12-37)22-7-5-20(6-8-22)34-25-18-26(33-19-32-25)39-28-27(30-9-10-31-28)36-29(39)35-21-15-23(40-2)17-24(16-21)41-3/h5-10,15-19H,4,11-14H2,1-3H3,(H,30,35,36)(H,32,33,34). The lowest BCUT2D eigenvalue weighted by Crippen LogP contribution is -2.46. The van der Waals surface area contributed by atoms with Crippen molar-refractivity contribution in [3.8, 4) is 17.3 Å². The minimum Gasteiger partial charge on any atom is -0.497 e. The summed E-state index contributed by atoms with van der Waals surface area (Å²) >= 11 is 0. The van der Waals surface area contributed by atoms with Crippen LogP contribution in [0.15, 0.2) is 67.3 Å². The van der Waals surface area contributed by atoms with Crippen molar-refractivity contribution in [3.63, 3.8) is 0 Å². The van der Waals surface area contributed by atoms with E-state index in [9.17, 15) is 0 Å². The Morgan fingerprint density at radius 1 is 0.780 bits per heavy atom. The maximum absolute atomic E-state index is 5.43. The third kappa shape index (κ3) is 5.68. The maximum atomic E-state index is 5.43. The SMILES string of the molecule is CCN1CCN(c2ccc(Nc3cc(-n4c(Nc5cc(OC)cc(OC)c5)nc5nccnc54)ncn3)cc2)CC1. The van der Waals surface area contributed by atoms with E-state index in [2.05, 4.69) is 76.5 Å². The van der Waals surface area contributed by atoms with Crippen LogP contribution in [0.4, 0.5) is 28.8 Å². The first-order chi connectivity index (χ1) is 20.1. The zero-order chi connectivity index (χ0) is 28.2. The number of benzene rings is 2. The molecule has 210 valence electrons. The molecule has 12 nitrogen and oxygen atoms in total. The number of imidazole rings is 1. The fraction of sp³-hybridized carbons (Fsp3) is 0.276. The summed E-state index contributed by atoms with van der Waals surface area (Å²) in [7, 11) is 3.22. The van der Waals surface area contributed by atoms with E-state index >= 15 is 0 Å². The Kier molecular flexibility index (Phi) is 7.46. The molecule has 1 aliphatic rings. The molecule has 2 aromatic carbocycles. The van der Waals surface area contributed by atoms with Crippen molar-refractivity contribution in [1.29, 1.82) is 0 Å². The Bertz CT molecular complexity index is 1610. The fourth-order valence-electron chi connectivity index (χ4n) is 4.88. The van der Waals surface area contributed by atoms with E-state index in [1.807, 2.05) is 18.2 Å². The van der Waals surface area contributed by atoms with E-state index < -0.39 is 0 Å². The highest BCUT2D eigenvalue weighted by Crippen LogP contribution is 2.30. The molecule has 5 aromatic rings. The molecule has 0 amide bonds. The van der Waals surface area contributed by atoms with Gasteiger partial charge in [-0.05, 0) is 30.8 Å². The summed E-state index contributed by atoms with van der Waals surface area (Å²) in [6.45, 7) is 7.58. The van der Waals surface area contributed by atoms with E-state index in [0.29, 0.717) is 40.4 Å². The zero-order valence-electron chi connectivity index (χ0n) is 23.3. The third-order valence-corrected chi connectivity index (χ3v) is 7.11. The molecule has 0 atom stereocenters. The van der Waals surface area contributed by atoms with Crippen LogP contribution in [-0.2, 0) is 0 Å². The largest absolute Gasteiger partial charge is 0.497 e. The van der Waals surface area contributed by atoms with Gasteiger partial charge in [-0.1, -0.05) is 6.92 Å². The third-order valence-electron chi connectivity index (χ3n) is 7.11. The second kappa shape index (κ2) is 11.6. The normalized spacial score (nSPS) is 13.8. The Morgan fingerprint density at radius 3 is 2.22 bits per heavy atom. The monoisotopic (exact) mass is 552 g/mol. The van der Waals surface area contributed by atoms with Gasteiger partial charge in [0.15, 0.2) is 11.3 Å². The molecule has 0 spiro atoms. The van der Waals surface area contributed by atoms with Crippen LogP contribution in [0.2, 0.25) is 0 Å². The number of hydrogen-bond acceptors (Lipinski definition) is 11. The number of piperazine rings is 1. The van der Waals surface area contributed by atoms with E-state index in [1.54, 1.807) is 37.2 Å². The number of fused-ring (bicyclic) bond motifs is 1. The van der Waals surface area contributed by atoms with Crippen molar-refractivity contribution in [2.75, 3.05) is 62.5 Å². The first-order valence-electron chi connectivity index (χ1n) is 13.5. The lowest BCUT2D eigenvalue weighted by molar-refractivity contribution is 0.271. The molecule has 1 saturated heterocycles. The first-order valence-corrected chi connectivity index (χ1v) is 13.5. The molecule has 12 heteroatoms. The Balaban J connectivity index is 1.27. The van der Waals surface area contributed by atoms with Crippen molar-refractivity contribution in [3.05, 3.63) is 67.3 Å². The summed E-state index contributed by atoms with van der Waals surface area (Å²) in [6.07, 6.45) is 4.75. The second-order valence-corrected chi connectivity index (χ2v) is 9.56. The molecule has 0 saturated carbocycles. The number of hydrogen-bond donors (Lipinski definition) is 2. The van der Waals surface area contributed by atoms with Gasteiger partial charge in [0.1, 0.15) is 29.5 Å². The Morgan fingerprint density at radius 2 is 1.51 bits per heavy atom. The number of ether oxygens (including phenoxy) is 2. The molecule has 2 N–H and O–H groups in total. The number of anilines is 5. The van der Waals surface area contributed by atoms with E-state index in [1.165, 1.54) is 12.0 Å². The minimum atomic E-state index is 0.480. The molecule has 0 bridgehead atoms. The molecule has 6 rings (SSSR count). The van der Waals surface area contributed by atoms with Gasteiger partial charge in [0.25, 0.3) is 0 Å². The van der Waals surface area contributed by atoms with Crippen molar-refractivity contribution >= 4 is 40.1 Å². The lowest BCUT2D eigenvalue weighted by atomic mass is 10.2. The van der Waals surface area contributed by atoms with Crippen molar-refractivity contribution in [1.82, 2.24) is 34.4 Å². The van der Waals surface area contributed by atoms with Crippen LogP contribution < -0.4 is 25.0 Å². The van der Waals surface area contributed by atoms with Crippen LogP contribution in [0.3, 0.4) is 0 Å². The number of nitrogens with zero attached hydrogens (tertiary/aromatic N) is 8. The molecular weight excluding hydrogens is 520 g/mol. The predicted molar refractivity (Wildman–Crippen MR) is 159 cm³/mol. The number of methoxy groups -OCH3 is 2.